The van der Waals surface area contributed by atoms with E-state index in [0.717, 1.165) is 23.1 Å². The van der Waals surface area contributed by atoms with Gasteiger partial charge in [-0.1, -0.05) is 31.2 Å². The molecule has 1 N–H and O–H groups in total. The monoisotopic (exact) mass is 416 g/mol. The van der Waals surface area contributed by atoms with Crippen LogP contribution in [0.5, 0.6) is 0 Å². The van der Waals surface area contributed by atoms with Crippen LogP contribution in [0.2, 0.25) is 0 Å². The molecule has 1 atom stereocenters. The Morgan fingerprint density at radius 2 is 1.87 bits per heavy atom. The molecule has 1 heterocycles. The van der Waals surface area contributed by atoms with Gasteiger partial charge in [0.2, 0.25) is 17.6 Å². The Morgan fingerprint density at radius 3 is 2.52 bits per heavy atom. The number of benzene rings is 2. The third-order valence-electron chi connectivity index (χ3n) is 5.19. The van der Waals surface area contributed by atoms with Gasteiger partial charge in [0.05, 0.1) is 11.8 Å². The minimum Gasteiger partial charge on any atom is -0.325 e. The van der Waals surface area contributed by atoms with Crippen LogP contribution in [0.25, 0.3) is 0 Å². The molecule has 7 nitrogen and oxygen atoms in total. The topological polar surface area (TPSA) is 103 Å². The molecule has 0 saturated carbocycles. The zero-order valence-electron chi connectivity index (χ0n) is 17.8. The highest BCUT2D eigenvalue weighted by molar-refractivity contribution is 6.45. The quantitative estimate of drug-likeness (QED) is 0.725. The number of rotatable bonds is 6. The summed E-state index contributed by atoms with van der Waals surface area (Å²) >= 11 is 0. The summed E-state index contributed by atoms with van der Waals surface area (Å²) in [4.78, 5) is 38.0. The molecule has 1 aliphatic heterocycles. The number of Topliss-reactive ketones (excluding diaryl/α,β-unsaturated/α-hetero) is 1. The average molecular weight is 416 g/mol. The molecule has 0 aromatic heterocycles. The van der Waals surface area contributed by atoms with E-state index in [1.165, 1.54) is 5.01 Å². The van der Waals surface area contributed by atoms with Crippen molar-refractivity contribution in [3.63, 3.8) is 0 Å². The van der Waals surface area contributed by atoms with Gasteiger partial charge in [-0.05, 0) is 55.2 Å². The van der Waals surface area contributed by atoms with E-state index in [9.17, 15) is 19.6 Å². The Kier molecular flexibility index (Phi) is 6.61. The van der Waals surface area contributed by atoms with Gasteiger partial charge in [-0.25, -0.2) is 5.01 Å². The summed E-state index contributed by atoms with van der Waals surface area (Å²) in [5.74, 6) is -3.18. The molecule has 2 aromatic carbocycles. The molecule has 0 aliphatic carbocycles. The molecule has 2 amide bonds. The number of anilines is 2. The Balaban J connectivity index is 1.83. The minimum atomic E-state index is -1.54. The maximum absolute atomic E-state index is 12.9. The van der Waals surface area contributed by atoms with Crippen LogP contribution in [0.15, 0.2) is 47.6 Å². The number of aryl methyl sites for hydroxylation is 3. The lowest BCUT2D eigenvalue weighted by Gasteiger charge is -2.25. The fourth-order valence-corrected chi connectivity index (χ4v) is 3.31. The largest absolute Gasteiger partial charge is 0.325 e. The van der Waals surface area contributed by atoms with Crippen LogP contribution in [0.3, 0.4) is 0 Å². The highest BCUT2D eigenvalue weighted by Crippen LogP contribution is 2.26. The molecular weight excluding hydrogens is 392 g/mol. The number of hydrazone groups is 1. The van der Waals surface area contributed by atoms with E-state index >= 15 is 0 Å². The smallest absolute Gasteiger partial charge is 0.249 e. The molecule has 0 radical (unpaired) electrons. The summed E-state index contributed by atoms with van der Waals surface area (Å²) in [6.07, 6.45) is 1.04. The fraction of sp³-hybridized carbons (Fsp3) is 0.292. The molecular formula is C24H24N4O3. The molecule has 158 valence electrons. The highest BCUT2D eigenvalue weighted by Gasteiger charge is 2.34. The highest BCUT2D eigenvalue weighted by atomic mass is 16.2. The van der Waals surface area contributed by atoms with Gasteiger partial charge in [0, 0.05) is 18.5 Å². The van der Waals surface area contributed by atoms with E-state index in [-0.39, 0.29) is 24.5 Å². The molecule has 31 heavy (non-hydrogen) atoms. The minimum absolute atomic E-state index is 0.0449. The normalized spacial score (nSPS) is 14.5. The second kappa shape index (κ2) is 9.35. The lowest BCUT2D eigenvalue weighted by atomic mass is 9.96. The summed E-state index contributed by atoms with van der Waals surface area (Å²) in [7, 11) is 0. The number of amides is 2. The fourth-order valence-electron chi connectivity index (χ4n) is 3.31. The summed E-state index contributed by atoms with van der Waals surface area (Å²) in [6.45, 7) is 5.77. The standard InChI is InChI=1S/C24H24N4O3/c1-4-17-7-9-18(10-8-17)26-24(31)19(14-25)23(30)20-11-12-22(29)28(27-20)21-13-15(2)5-6-16(21)3/h5-10,13,19H,4,11-12H2,1-3H3,(H,26,31). The molecule has 1 aliphatic rings. The number of hydrogen-bond acceptors (Lipinski definition) is 5. The number of nitrogens with zero attached hydrogens (tertiary/aromatic N) is 3. The average Bonchev–Trinajstić information content (AvgIpc) is 2.77. The van der Waals surface area contributed by atoms with Gasteiger partial charge in [-0.15, -0.1) is 0 Å². The third-order valence-corrected chi connectivity index (χ3v) is 5.19. The zero-order chi connectivity index (χ0) is 22.5. The summed E-state index contributed by atoms with van der Waals surface area (Å²) < 4.78 is 0. The van der Waals surface area contributed by atoms with Crippen molar-refractivity contribution in [3.8, 4) is 6.07 Å². The van der Waals surface area contributed by atoms with Crippen LogP contribution in [-0.2, 0) is 20.8 Å². The van der Waals surface area contributed by atoms with Gasteiger partial charge in [-0.2, -0.15) is 10.4 Å². The first-order chi connectivity index (χ1) is 14.8. The van der Waals surface area contributed by atoms with Gasteiger partial charge in [0.25, 0.3) is 0 Å². The third kappa shape index (κ3) is 4.86. The van der Waals surface area contributed by atoms with E-state index < -0.39 is 17.6 Å². The van der Waals surface area contributed by atoms with E-state index in [1.54, 1.807) is 18.2 Å². The number of hydrogen-bond donors (Lipinski definition) is 1. The second-order valence-electron chi connectivity index (χ2n) is 7.51. The van der Waals surface area contributed by atoms with Crippen molar-refractivity contribution in [3.05, 3.63) is 59.2 Å². The zero-order valence-corrected chi connectivity index (χ0v) is 17.8. The van der Waals surface area contributed by atoms with Crippen molar-refractivity contribution in [2.45, 2.75) is 40.0 Å². The van der Waals surface area contributed by atoms with Crippen molar-refractivity contribution < 1.29 is 14.4 Å². The Hall–Kier alpha value is -3.79. The van der Waals surface area contributed by atoms with E-state index in [2.05, 4.69) is 10.4 Å². The summed E-state index contributed by atoms with van der Waals surface area (Å²) in [5.41, 5.74) is 4.03. The van der Waals surface area contributed by atoms with Crippen LogP contribution < -0.4 is 10.3 Å². The van der Waals surface area contributed by atoms with Crippen molar-refractivity contribution in [1.82, 2.24) is 0 Å². The summed E-state index contributed by atoms with van der Waals surface area (Å²) in [5, 5.41) is 17.6. The predicted molar refractivity (Wildman–Crippen MR) is 119 cm³/mol. The first-order valence-electron chi connectivity index (χ1n) is 10.1. The molecule has 7 heteroatoms. The van der Waals surface area contributed by atoms with Crippen LogP contribution in [-0.4, -0.2) is 23.3 Å². The second-order valence-corrected chi connectivity index (χ2v) is 7.51. The van der Waals surface area contributed by atoms with Crippen molar-refractivity contribution in [2.75, 3.05) is 10.3 Å². The van der Waals surface area contributed by atoms with Crippen LogP contribution >= 0.6 is 0 Å². The van der Waals surface area contributed by atoms with Crippen molar-refractivity contribution >= 4 is 34.7 Å². The molecule has 2 aromatic rings. The first-order valence-corrected chi connectivity index (χ1v) is 10.1. The Bertz CT molecular complexity index is 1100. The number of nitrogens with one attached hydrogen (secondary N) is 1. The lowest BCUT2D eigenvalue weighted by Crippen LogP contribution is -2.39. The molecule has 1 unspecified atom stereocenters. The van der Waals surface area contributed by atoms with Crippen LogP contribution in [0.4, 0.5) is 11.4 Å². The molecule has 0 bridgehead atoms. The van der Waals surface area contributed by atoms with Gasteiger partial charge in [0.15, 0.2) is 5.92 Å². The molecule has 0 spiro atoms. The molecule has 3 rings (SSSR count). The number of nitriles is 1. The van der Waals surface area contributed by atoms with E-state index in [1.807, 2.05) is 51.1 Å². The Morgan fingerprint density at radius 1 is 1.16 bits per heavy atom. The van der Waals surface area contributed by atoms with Crippen LogP contribution in [0.1, 0.15) is 36.5 Å². The van der Waals surface area contributed by atoms with Gasteiger partial charge < -0.3 is 5.32 Å². The number of ketones is 1. The van der Waals surface area contributed by atoms with Crippen molar-refractivity contribution in [2.24, 2.45) is 11.0 Å². The first kappa shape index (κ1) is 21.9. The van der Waals surface area contributed by atoms with E-state index in [4.69, 9.17) is 0 Å². The molecule has 0 saturated heterocycles. The van der Waals surface area contributed by atoms with E-state index in [0.29, 0.717) is 11.4 Å². The van der Waals surface area contributed by atoms with Gasteiger partial charge in [-0.3, -0.25) is 14.4 Å². The Labute approximate surface area is 181 Å². The van der Waals surface area contributed by atoms with Crippen LogP contribution in [0, 0.1) is 31.1 Å². The predicted octanol–water partition coefficient (Wildman–Crippen LogP) is 3.70. The maximum atomic E-state index is 12.9. The lowest BCUT2D eigenvalue weighted by molar-refractivity contribution is -0.125. The number of carbonyl (C=O) groups is 3. The summed E-state index contributed by atoms with van der Waals surface area (Å²) in [6, 6.07) is 14.6. The molecule has 0 fully saturated rings. The van der Waals surface area contributed by atoms with Crippen molar-refractivity contribution in [1.29, 1.82) is 5.26 Å². The SMILES string of the molecule is CCc1ccc(NC(=O)C(C#N)C(=O)C2=NN(c3cc(C)ccc3C)C(=O)CC2)cc1. The number of carbonyl (C=O) groups excluding carboxylic acids is 3. The van der Waals surface area contributed by atoms with Gasteiger partial charge in [0.1, 0.15) is 5.71 Å². The van der Waals surface area contributed by atoms with Gasteiger partial charge >= 0.3 is 0 Å². The maximum Gasteiger partial charge on any atom is 0.249 e.